The van der Waals surface area contributed by atoms with Crippen LogP contribution in [0.3, 0.4) is 0 Å². The lowest BCUT2D eigenvalue weighted by atomic mass is 10.0. The van der Waals surface area contributed by atoms with E-state index in [1.807, 2.05) is 18.2 Å². The first-order valence-electron chi connectivity index (χ1n) is 12.7. The van der Waals surface area contributed by atoms with Crippen molar-refractivity contribution in [3.63, 3.8) is 0 Å². The molecule has 0 amide bonds. The second-order valence-electron chi connectivity index (χ2n) is 9.60. The van der Waals surface area contributed by atoms with Crippen LogP contribution in [0.2, 0.25) is 0 Å². The molecule has 0 aromatic heterocycles. The third kappa shape index (κ3) is 11.9. The van der Waals surface area contributed by atoms with Gasteiger partial charge in [0.1, 0.15) is 12.3 Å². The maximum Gasteiger partial charge on any atom is 0.311 e. The maximum absolute atomic E-state index is 12.2. The summed E-state index contributed by atoms with van der Waals surface area (Å²) < 4.78 is 12.2. The largest absolute Gasteiger partial charge is 0.493 e. The molecule has 0 bridgehead atoms. The number of hydrogen-bond donors (Lipinski definition) is 0. The van der Waals surface area contributed by atoms with E-state index in [4.69, 9.17) is 9.47 Å². The van der Waals surface area contributed by atoms with Gasteiger partial charge in [0.05, 0.1) is 40.3 Å². The highest BCUT2D eigenvalue weighted by Crippen LogP contribution is 2.21. The first-order valence-corrected chi connectivity index (χ1v) is 12.7. The van der Waals surface area contributed by atoms with Crippen LogP contribution in [-0.4, -0.2) is 44.3 Å². The molecule has 2 aromatic carbocycles. The van der Waals surface area contributed by atoms with E-state index in [2.05, 4.69) is 57.4 Å². The van der Waals surface area contributed by atoms with E-state index in [9.17, 15) is 4.79 Å². The monoisotopic (exact) mass is 454 g/mol. The van der Waals surface area contributed by atoms with Gasteiger partial charge in [-0.25, -0.2) is 0 Å². The van der Waals surface area contributed by atoms with Gasteiger partial charge in [-0.05, 0) is 24.5 Å². The van der Waals surface area contributed by atoms with Gasteiger partial charge in [0, 0.05) is 12.0 Å². The normalized spacial score (nSPS) is 11.4. The van der Waals surface area contributed by atoms with Gasteiger partial charge in [0.15, 0.2) is 0 Å². The Labute approximate surface area is 201 Å². The van der Waals surface area contributed by atoms with Crippen molar-refractivity contribution < 1.29 is 18.8 Å². The second-order valence-corrected chi connectivity index (χ2v) is 9.60. The molecule has 0 aliphatic rings. The van der Waals surface area contributed by atoms with Crippen LogP contribution in [0.4, 0.5) is 0 Å². The fourth-order valence-corrected chi connectivity index (χ4v) is 4.00. The van der Waals surface area contributed by atoms with Crippen LogP contribution in [0.5, 0.6) is 5.75 Å². The Bertz CT molecular complexity index is 788. The van der Waals surface area contributed by atoms with Crippen molar-refractivity contribution in [2.75, 3.05) is 33.9 Å². The van der Waals surface area contributed by atoms with Crippen LogP contribution in [0.15, 0.2) is 54.6 Å². The summed E-state index contributed by atoms with van der Waals surface area (Å²) in [6.45, 7) is 4.89. The molecule has 0 saturated carbocycles. The standard InChI is InChI=1S/C29H44NO3/c1-4-5-6-7-8-12-18-27-19-13-14-20-28(27)32-23-15-24-33-29(31)21-22-30(2,3)25-26-16-10-9-11-17-26/h9-11,13-14,16-17,19-20H,4-8,12,15,18,21-25H2,1-3H3/q+1. The topological polar surface area (TPSA) is 35.5 Å². The summed E-state index contributed by atoms with van der Waals surface area (Å²) in [5, 5.41) is 0. The molecular formula is C29H44NO3+. The van der Waals surface area contributed by atoms with E-state index in [1.165, 1.54) is 49.7 Å². The molecular weight excluding hydrogens is 410 g/mol. The summed E-state index contributed by atoms with van der Waals surface area (Å²) in [5.41, 5.74) is 2.56. The van der Waals surface area contributed by atoms with Gasteiger partial charge >= 0.3 is 5.97 Å². The Morgan fingerprint density at radius 2 is 1.52 bits per heavy atom. The lowest BCUT2D eigenvalue weighted by Crippen LogP contribution is -2.40. The first-order chi connectivity index (χ1) is 16.0. The molecule has 33 heavy (non-hydrogen) atoms. The van der Waals surface area contributed by atoms with Gasteiger partial charge in [-0.1, -0.05) is 87.6 Å². The van der Waals surface area contributed by atoms with Crippen molar-refractivity contribution in [2.24, 2.45) is 0 Å². The number of carbonyl (C=O) groups is 1. The van der Waals surface area contributed by atoms with Crippen molar-refractivity contribution in [3.8, 4) is 5.75 Å². The molecule has 182 valence electrons. The van der Waals surface area contributed by atoms with Crippen molar-refractivity contribution in [2.45, 2.75) is 71.3 Å². The predicted octanol–water partition coefficient (Wildman–Crippen LogP) is 6.57. The molecule has 0 heterocycles. The number of benzene rings is 2. The molecule has 2 aromatic rings. The molecule has 0 aliphatic carbocycles. The van der Waals surface area contributed by atoms with E-state index >= 15 is 0 Å². The van der Waals surface area contributed by atoms with Gasteiger partial charge in [0.25, 0.3) is 0 Å². The minimum atomic E-state index is -0.127. The number of para-hydroxylation sites is 1. The second kappa shape index (κ2) is 15.5. The zero-order valence-corrected chi connectivity index (χ0v) is 21.1. The van der Waals surface area contributed by atoms with Crippen LogP contribution in [0.1, 0.15) is 69.4 Å². The number of hydrogen-bond acceptors (Lipinski definition) is 3. The van der Waals surface area contributed by atoms with Gasteiger partial charge in [-0.15, -0.1) is 0 Å². The molecule has 0 unspecified atom stereocenters. The van der Waals surface area contributed by atoms with Crippen LogP contribution in [0.25, 0.3) is 0 Å². The van der Waals surface area contributed by atoms with Crippen molar-refractivity contribution in [1.29, 1.82) is 0 Å². The van der Waals surface area contributed by atoms with Crippen molar-refractivity contribution in [1.82, 2.24) is 0 Å². The lowest BCUT2D eigenvalue weighted by molar-refractivity contribution is -0.903. The highest BCUT2D eigenvalue weighted by molar-refractivity contribution is 5.69. The van der Waals surface area contributed by atoms with Gasteiger partial charge in [-0.2, -0.15) is 0 Å². The van der Waals surface area contributed by atoms with Crippen LogP contribution in [0, 0.1) is 0 Å². The van der Waals surface area contributed by atoms with Crippen LogP contribution >= 0.6 is 0 Å². The third-order valence-corrected chi connectivity index (χ3v) is 5.96. The van der Waals surface area contributed by atoms with Crippen LogP contribution in [-0.2, 0) is 22.5 Å². The van der Waals surface area contributed by atoms with Gasteiger partial charge in [0.2, 0.25) is 0 Å². The number of rotatable bonds is 17. The van der Waals surface area contributed by atoms with E-state index in [-0.39, 0.29) is 5.97 Å². The molecule has 0 fully saturated rings. The Kier molecular flexibility index (Phi) is 12.6. The summed E-state index contributed by atoms with van der Waals surface area (Å²) in [4.78, 5) is 12.2. The molecule has 2 rings (SSSR count). The summed E-state index contributed by atoms with van der Waals surface area (Å²) in [7, 11) is 4.30. The van der Waals surface area contributed by atoms with E-state index < -0.39 is 0 Å². The zero-order chi connectivity index (χ0) is 23.8. The fourth-order valence-electron chi connectivity index (χ4n) is 4.00. The molecule has 0 spiro atoms. The predicted molar refractivity (Wildman–Crippen MR) is 136 cm³/mol. The van der Waals surface area contributed by atoms with Gasteiger partial charge in [-0.3, -0.25) is 4.79 Å². The highest BCUT2D eigenvalue weighted by atomic mass is 16.5. The van der Waals surface area contributed by atoms with Crippen LogP contribution < -0.4 is 4.74 Å². The van der Waals surface area contributed by atoms with E-state index in [1.54, 1.807) is 0 Å². The SMILES string of the molecule is CCCCCCCCc1ccccc1OCCCOC(=O)CC[N+](C)(C)Cc1ccccc1. The maximum atomic E-state index is 12.2. The Morgan fingerprint density at radius 3 is 2.30 bits per heavy atom. The molecule has 4 nitrogen and oxygen atoms in total. The number of carbonyl (C=O) groups excluding carboxylic acids is 1. The first kappa shape index (κ1) is 26.9. The fraction of sp³-hybridized carbons (Fsp3) is 0.552. The molecule has 4 heteroatoms. The lowest BCUT2D eigenvalue weighted by Gasteiger charge is -2.29. The molecule has 0 atom stereocenters. The smallest absolute Gasteiger partial charge is 0.311 e. The number of aryl methyl sites for hydroxylation is 1. The molecule has 0 radical (unpaired) electrons. The summed E-state index contributed by atoms with van der Waals surface area (Å²) >= 11 is 0. The summed E-state index contributed by atoms with van der Waals surface area (Å²) in [6, 6.07) is 18.7. The number of unbranched alkanes of at least 4 members (excludes halogenated alkanes) is 5. The van der Waals surface area contributed by atoms with Crippen molar-refractivity contribution in [3.05, 3.63) is 65.7 Å². The Hall–Kier alpha value is -2.33. The average molecular weight is 455 g/mol. The van der Waals surface area contributed by atoms with E-state index in [0.717, 1.165) is 29.7 Å². The minimum Gasteiger partial charge on any atom is -0.493 e. The average Bonchev–Trinajstić information content (AvgIpc) is 2.81. The minimum absolute atomic E-state index is 0.127. The number of esters is 1. The number of nitrogens with zero attached hydrogens (tertiary/aromatic N) is 1. The molecule has 0 N–H and O–H groups in total. The Balaban J connectivity index is 1.60. The number of ether oxygens (including phenoxy) is 2. The summed E-state index contributed by atoms with van der Waals surface area (Å²) in [5.74, 6) is 0.843. The Morgan fingerprint density at radius 1 is 0.818 bits per heavy atom. The zero-order valence-electron chi connectivity index (χ0n) is 21.1. The number of quaternary nitrogens is 1. The quantitative estimate of drug-likeness (QED) is 0.154. The van der Waals surface area contributed by atoms with Crippen molar-refractivity contribution >= 4 is 5.97 Å². The summed E-state index contributed by atoms with van der Waals surface area (Å²) in [6.07, 6.45) is 10.00. The molecule has 0 aliphatic heterocycles. The highest BCUT2D eigenvalue weighted by Gasteiger charge is 2.18. The third-order valence-electron chi connectivity index (χ3n) is 5.96. The van der Waals surface area contributed by atoms with Gasteiger partial charge < -0.3 is 14.0 Å². The molecule has 0 saturated heterocycles. The van der Waals surface area contributed by atoms with E-state index in [0.29, 0.717) is 26.1 Å².